The monoisotopic (exact) mass is 355 g/mol. The van der Waals surface area contributed by atoms with E-state index in [1.807, 2.05) is 18.2 Å². The van der Waals surface area contributed by atoms with Crippen molar-refractivity contribution in [2.45, 2.75) is 27.2 Å². The van der Waals surface area contributed by atoms with Crippen LogP contribution >= 0.6 is 0 Å². The van der Waals surface area contributed by atoms with Crippen LogP contribution in [0.5, 0.6) is 5.75 Å². The molecule has 0 heterocycles. The number of hydrogen-bond donors (Lipinski definition) is 2. The van der Waals surface area contributed by atoms with Gasteiger partial charge in [0.25, 0.3) is 0 Å². The summed E-state index contributed by atoms with van der Waals surface area (Å²) in [4.78, 5) is 14.4. The van der Waals surface area contributed by atoms with Crippen molar-refractivity contribution < 1.29 is 9.53 Å². The first kappa shape index (κ1) is 19.6. The molecule has 0 atom stereocenters. The molecule has 5 nitrogen and oxygen atoms in total. The first-order valence-electron chi connectivity index (χ1n) is 9.10. The summed E-state index contributed by atoms with van der Waals surface area (Å²) in [7, 11) is 1.61. The van der Waals surface area contributed by atoms with E-state index in [1.165, 1.54) is 11.3 Å². The molecule has 0 fully saturated rings. The van der Waals surface area contributed by atoms with Gasteiger partial charge in [-0.2, -0.15) is 0 Å². The van der Waals surface area contributed by atoms with Crippen LogP contribution in [0.15, 0.2) is 42.5 Å². The summed E-state index contributed by atoms with van der Waals surface area (Å²) < 4.78 is 5.16. The highest BCUT2D eigenvalue weighted by Gasteiger charge is 2.06. The van der Waals surface area contributed by atoms with Crippen LogP contribution in [-0.2, 0) is 4.79 Å². The molecule has 1 amide bonds. The minimum absolute atomic E-state index is 0.0248. The van der Waals surface area contributed by atoms with Gasteiger partial charge in [-0.15, -0.1) is 0 Å². The molecule has 2 rings (SSSR count). The molecule has 140 valence electrons. The molecular formula is C21H29N3O2. The minimum Gasteiger partial charge on any atom is -0.497 e. The summed E-state index contributed by atoms with van der Waals surface area (Å²) >= 11 is 0. The molecule has 2 aromatic carbocycles. The van der Waals surface area contributed by atoms with Crippen molar-refractivity contribution in [1.29, 1.82) is 0 Å². The van der Waals surface area contributed by atoms with Gasteiger partial charge < -0.3 is 20.3 Å². The SMILES string of the molecule is CCN(CC)c1ccc(NCCC(=O)Nc2cccc(OC)c2)c(C)c1. The van der Waals surface area contributed by atoms with E-state index in [2.05, 4.69) is 54.5 Å². The summed E-state index contributed by atoms with van der Waals surface area (Å²) in [5.41, 5.74) is 4.22. The molecule has 26 heavy (non-hydrogen) atoms. The molecule has 2 N–H and O–H groups in total. The predicted molar refractivity (Wildman–Crippen MR) is 109 cm³/mol. The lowest BCUT2D eigenvalue weighted by molar-refractivity contribution is -0.115. The summed E-state index contributed by atoms with van der Waals surface area (Å²) in [6.07, 6.45) is 0.397. The van der Waals surface area contributed by atoms with Gasteiger partial charge in [0.05, 0.1) is 7.11 Å². The number of anilines is 3. The molecular weight excluding hydrogens is 326 g/mol. The maximum atomic E-state index is 12.1. The molecule has 0 saturated carbocycles. The number of nitrogens with zero attached hydrogens (tertiary/aromatic N) is 1. The molecule has 0 unspecified atom stereocenters. The Morgan fingerprint density at radius 3 is 2.54 bits per heavy atom. The number of carbonyl (C=O) groups is 1. The Hall–Kier alpha value is -2.69. The second-order valence-electron chi connectivity index (χ2n) is 6.13. The van der Waals surface area contributed by atoms with Crippen LogP contribution in [0.4, 0.5) is 17.1 Å². The predicted octanol–water partition coefficient (Wildman–Crippen LogP) is 4.29. The van der Waals surface area contributed by atoms with Crippen molar-refractivity contribution in [3.05, 3.63) is 48.0 Å². The first-order chi connectivity index (χ1) is 12.6. The number of aryl methyl sites for hydroxylation is 1. The van der Waals surface area contributed by atoms with Gasteiger partial charge >= 0.3 is 0 Å². The van der Waals surface area contributed by atoms with Gasteiger partial charge in [-0.25, -0.2) is 0 Å². The maximum absolute atomic E-state index is 12.1. The topological polar surface area (TPSA) is 53.6 Å². The Bertz CT molecular complexity index is 727. The van der Waals surface area contributed by atoms with Crippen LogP contribution in [0.2, 0.25) is 0 Å². The van der Waals surface area contributed by atoms with Gasteiger partial charge in [0.2, 0.25) is 5.91 Å². The van der Waals surface area contributed by atoms with Crippen LogP contribution in [-0.4, -0.2) is 32.7 Å². The van der Waals surface area contributed by atoms with Gasteiger partial charge in [-0.05, 0) is 56.7 Å². The average Bonchev–Trinajstić information content (AvgIpc) is 2.64. The summed E-state index contributed by atoms with van der Waals surface area (Å²) in [6, 6.07) is 13.8. The van der Waals surface area contributed by atoms with Crippen molar-refractivity contribution in [2.24, 2.45) is 0 Å². The minimum atomic E-state index is -0.0248. The van der Waals surface area contributed by atoms with E-state index < -0.39 is 0 Å². The van der Waals surface area contributed by atoms with E-state index in [1.54, 1.807) is 13.2 Å². The van der Waals surface area contributed by atoms with Crippen LogP contribution in [0.1, 0.15) is 25.8 Å². The molecule has 0 bridgehead atoms. The third-order valence-corrected chi connectivity index (χ3v) is 4.36. The average molecular weight is 355 g/mol. The Kier molecular flexibility index (Phi) is 7.33. The van der Waals surface area contributed by atoms with E-state index >= 15 is 0 Å². The number of benzene rings is 2. The molecule has 0 spiro atoms. The third-order valence-electron chi connectivity index (χ3n) is 4.36. The number of ether oxygens (including phenoxy) is 1. The summed E-state index contributed by atoms with van der Waals surface area (Å²) in [5, 5.41) is 6.24. The number of amides is 1. The smallest absolute Gasteiger partial charge is 0.226 e. The fourth-order valence-electron chi connectivity index (χ4n) is 2.87. The lowest BCUT2D eigenvalue weighted by Gasteiger charge is -2.22. The van der Waals surface area contributed by atoms with Crippen LogP contribution in [0.3, 0.4) is 0 Å². The lowest BCUT2D eigenvalue weighted by atomic mass is 10.1. The third kappa shape index (κ3) is 5.41. The van der Waals surface area contributed by atoms with E-state index in [0.717, 1.165) is 30.2 Å². The summed E-state index contributed by atoms with van der Waals surface area (Å²) in [6.45, 7) is 8.98. The summed E-state index contributed by atoms with van der Waals surface area (Å²) in [5.74, 6) is 0.702. The Morgan fingerprint density at radius 1 is 1.12 bits per heavy atom. The van der Waals surface area contributed by atoms with E-state index in [-0.39, 0.29) is 5.91 Å². The van der Waals surface area contributed by atoms with Gasteiger partial charge in [0, 0.05) is 49.2 Å². The molecule has 0 aliphatic heterocycles. The van der Waals surface area contributed by atoms with Crippen molar-refractivity contribution in [2.75, 3.05) is 42.3 Å². The van der Waals surface area contributed by atoms with Gasteiger partial charge in [0.1, 0.15) is 5.75 Å². The van der Waals surface area contributed by atoms with E-state index in [9.17, 15) is 4.79 Å². The normalized spacial score (nSPS) is 10.3. The number of nitrogens with one attached hydrogen (secondary N) is 2. The van der Waals surface area contributed by atoms with Crippen LogP contribution < -0.4 is 20.3 Å². The number of carbonyl (C=O) groups excluding carboxylic acids is 1. The lowest BCUT2D eigenvalue weighted by Crippen LogP contribution is -2.22. The first-order valence-corrected chi connectivity index (χ1v) is 9.10. The molecule has 5 heteroatoms. The second-order valence-corrected chi connectivity index (χ2v) is 6.13. The van der Waals surface area contributed by atoms with Crippen LogP contribution in [0, 0.1) is 6.92 Å². The zero-order chi connectivity index (χ0) is 18.9. The molecule has 2 aromatic rings. The molecule has 0 radical (unpaired) electrons. The fourth-order valence-corrected chi connectivity index (χ4v) is 2.87. The number of rotatable bonds is 9. The number of hydrogen-bond acceptors (Lipinski definition) is 4. The van der Waals surface area contributed by atoms with Crippen molar-refractivity contribution in [3.8, 4) is 5.75 Å². The molecule has 0 aliphatic rings. The molecule has 0 saturated heterocycles. The van der Waals surface area contributed by atoms with E-state index in [0.29, 0.717) is 13.0 Å². The Morgan fingerprint density at radius 2 is 1.88 bits per heavy atom. The van der Waals surface area contributed by atoms with Crippen molar-refractivity contribution in [1.82, 2.24) is 0 Å². The Labute approximate surface area is 156 Å². The van der Waals surface area contributed by atoms with Gasteiger partial charge in [0.15, 0.2) is 0 Å². The van der Waals surface area contributed by atoms with Crippen LogP contribution in [0.25, 0.3) is 0 Å². The Balaban J connectivity index is 1.86. The van der Waals surface area contributed by atoms with Gasteiger partial charge in [-0.1, -0.05) is 6.07 Å². The zero-order valence-electron chi connectivity index (χ0n) is 16.1. The quantitative estimate of drug-likeness (QED) is 0.704. The largest absolute Gasteiger partial charge is 0.497 e. The molecule has 0 aliphatic carbocycles. The highest BCUT2D eigenvalue weighted by Crippen LogP contribution is 2.22. The van der Waals surface area contributed by atoms with Gasteiger partial charge in [-0.3, -0.25) is 4.79 Å². The highest BCUT2D eigenvalue weighted by atomic mass is 16.5. The highest BCUT2D eigenvalue weighted by molar-refractivity contribution is 5.91. The van der Waals surface area contributed by atoms with Crippen molar-refractivity contribution in [3.63, 3.8) is 0 Å². The van der Waals surface area contributed by atoms with Crippen molar-refractivity contribution >= 4 is 23.0 Å². The second kappa shape index (κ2) is 9.70. The maximum Gasteiger partial charge on any atom is 0.226 e. The zero-order valence-corrected chi connectivity index (χ0v) is 16.1. The fraction of sp³-hybridized carbons (Fsp3) is 0.381. The molecule has 0 aromatic heterocycles. The standard InChI is InChI=1S/C21H29N3O2/c1-5-24(6-2)18-10-11-20(16(3)14-18)22-13-12-21(25)23-17-8-7-9-19(15-17)26-4/h7-11,14-15,22H,5-6,12-13H2,1-4H3,(H,23,25). The number of methoxy groups -OCH3 is 1. The van der Waals surface area contributed by atoms with E-state index in [4.69, 9.17) is 4.74 Å².